The van der Waals surface area contributed by atoms with Crippen molar-refractivity contribution in [1.29, 1.82) is 0 Å². The van der Waals surface area contributed by atoms with E-state index < -0.39 is 5.41 Å². The van der Waals surface area contributed by atoms with E-state index in [2.05, 4.69) is 5.16 Å². The Morgan fingerprint density at radius 1 is 1.59 bits per heavy atom. The molecular formula is C11H23N3O2S. The van der Waals surface area contributed by atoms with Crippen LogP contribution in [0.25, 0.3) is 0 Å². The van der Waals surface area contributed by atoms with Gasteiger partial charge in [-0.05, 0) is 39.2 Å². The number of nitrogens with zero attached hydrogens (tertiary/aromatic N) is 2. The van der Waals surface area contributed by atoms with E-state index in [1.54, 1.807) is 37.6 Å². The third kappa shape index (κ3) is 4.11. The van der Waals surface area contributed by atoms with Crippen LogP contribution in [0.3, 0.4) is 0 Å². The third-order valence-electron chi connectivity index (χ3n) is 3.00. The van der Waals surface area contributed by atoms with Gasteiger partial charge < -0.3 is 15.8 Å². The van der Waals surface area contributed by atoms with E-state index in [0.717, 1.165) is 12.2 Å². The number of hydrogen-bond donors (Lipinski definition) is 2. The maximum absolute atomic E-state index is 12.2. The molecule has 6 heteroatoms. The number of oxime groups is 1. The molecule has 0 aliphatic rings. The van der Waals surface area contributed by atoms with Gasteiger partial charge in [-0.2, -0.15) is 11.8 Å². The Hall–Kier alpha value is -0.910. The second-order valence-corrected chi connectivity index (χ2v) is 5.64. The van der Waals surface area contributed by atoms with E-state index in [1.807, 2.05) is 13.2 Å². The van der Waals surface area contributed by atoms with Gasteiger partial charge in [-0.1, -0.05) is 5.16 Å². The van der Waals surface area contributed by atoms with Gasteiger partial charge in [0.1, 0.15) is 5.41 Å². The van der Waals surface area contributed by atoms with Crippen LogP contribution in [0.5, 0.6) is 0 Å². The zero-order valence-corrected chi connectivity index (χ0v) is 12.0. The topological polar surface area (TPSA) is 78.9 Å². The van der Waals surface area contributed by atoms with Gasteiger partial charge in [-0.15, -0.1) is 0 Å². The van der Waals surface area contributed by atoms with E-state index in [9.17, 15) is 4.79 Å². The molecule has 0 aromatic carbocycles. The summed E-state index contributed by atoms with van der Waals surface area (Å²) < 4.78 is 0. The smallest absolute Gasteiger partial charge is 0.235 e. The first-order valence-corrected chi connectivity index (χ1v) is 6.92. The summed E-state index contributed by atoms with van der Waals surface area (Å²) in [6.07, 6.45) is 2.96. The number of carbonyl (C=O) groups is 1. The number of amides is 1. The van der Waals surface area contributed by atoms with Crippen molar-refractivity contribution in [1.82, 2.24) is 4.90 Å². The van der Waals surface area contributed by atoms with Crippen molar-refractivity contribution in [3.63, 3.8) is 0 Å². The van der Waals surface area contributed by atoms with Crippen LogP contribution in [-0.4, -0.2) is 46.9 Å². The van der Waals surface area contributed by atoms with Crippen LogP contribution in [0.1, 0.15) is 27.2 Å². The molecule has 1 amide bonds. The summed E-state index contributed by atoms with van der Waals surface area (Å²) in [5.74, 6) is 0.802. The van der Waals surface area contributed by atoms with E-state index in [1.165, 1.54) is 0 Å². The van der Waals surface area contributed by atoms with E-state index in [4.69, 9.17) is 10.9 Å². The molecule has 100 valence electrons. The van der Waals surface area contributed by atoms with E-state index in [0.29, 0.717) is 0 Å². The predicted molar refractivity (Wildman–Crippen MR) is 72.4 cm³/mol. The van der Waals surface area contributed by atoms with Crippen LogP contribution in [0.15, 0.2) is 5.16 Å². The van der Waals surface area contributed by atoms with E-state index >= 15 is 0 Å². The number of hydrogen-bond acceptors (Lipinski definition) is 4. The van der Waals surface area contributed by atoms with Crippen LogP contribution in [0, 0.1) is 5.41 Å². The first-order chi connectivity index (χ1) is 7.78. The standard InChI is InChI=1S/C11H23N3O2S/c1-8(6-7-17-5)14(4)10(15)11(2,3)9(12)13-16/h8,16H,6-7H2,1-5H3,(H2,12,13). The van der Waals surface area contributed by atoms with Gasteiger partial charge in [0.05, 0.1) is 0 Å². The number of rotatable bonds is 6. The van der Waals surface area contributed by atoms with Crippen molar-refractivity contribution < 1.29 is 10.0 Å². The molecule has 3 N–H and O–H groups in total. The minimum atomic E-state index is -0.975. The average Bonchev–Trinajstić information content (AvgIpc) is 2.32. The highest BCUT2D eigenvalue weighted by atomic mass is 32.2. The molecule has 0 saturated heterocycles. The van der Waals surface area contributed by atoms with Gasteiger partial charge in [0.25, 0.3) is 0 Å². The highest BCUT2D eigenvalue weighted by molar-refractivity contribution is 7.98. The average molecular weight is 261 g/mol. The lowest BCUT2D eigenvalue weighted by Gasteiger charge is -2.32. The number of nitrogens with two attached hydrogens (primary N) is 1. The van der Waals surface area contributed by atoms with Crippen LogP contribution in [0.4, 0.5) is 0 Å². The van der Waals surface area contributed by atoms with Crippen molar-refractivity contribution in [2.75, 3.05) is 19.1 Å². The maximum atomic E-state index is 12.2. The normalized spacial score (nSPS) is 14.5. The van der Waals surface area contributed by atoms with Crippen LogP contribution in [-0.2, 0) is 4.79 Å². The Morgan fingerprint density at radius 3 is 2.53 bits per heavy atom. The summed E-state index contributed by atoms with van der Waals surface area (Å²) in [6.45, 7) is 5.31. The highest BCUT2D eigenvalue weighted by Gasteiger charge is 2.36. The van der Waals surface area contributed by atoms with Crippen molar-refractivity contribution >= 4 is 23.5 Å². The molecule has 0 saturated carbocycles. The molecule has 0 aliphatic carbocycles. The molecule has 0 fully saturated rings. The van der Waals surface area contributed by atoms with Crippen molar-refractivity contribution in [3.05, 3.63) is 0 Å². The molecule has 1 atom stereocenters. The molecule has 0 spiro atoms. The predicted octanol–water partition coefficient (Wildman–Crippen LogP) is 1.36. The molecule has 1 unspecified atom stereocenters. The first-order valence-electron chi connectivity index (χ1n) is 5.53. The monoisotopic (exact) mass is 261 g/mol. The summed E-state index contributed by atoms with van der Waals surface area (Å²) in [5, 5.41) is 11.6. The number of carbonyl (C=O) groups excluding carboxylic acids is 1. The Balaban J connectivity index is 4.69. The van der Waals surface area contributed by atoms with Gasteiger partial charge in [-0.3, -0.25) is 4.79 Å². The summed E-state index contributed by atoms with van der Waals surface area (Å²) in [5.41, 5.74) is 4.56. The summed E-state index contributed by atoms with van der Waals surface area (Å²) >= 11 is 1.75. The molecule has 0 aliphatic heterocycles. The fourth-order valence-corrected chi connectivity index (χ4v) is 1.93. The summed E-state index contributed by atoms with van der Waals surface area (Å²) in [7, 11) is 1.75. The molecular weight excluding hydrogens is 238 g/mol. The quantitative estimate of drug-likeness (QED) is 0.327. The van der Waals surface area contributed by atoms with Gasteiger partial charge in [-0.25, -0.2) is 0 Å². The summed E-state index contributed by atoms with van der Waals surface area (Å²) in [6, 6.07) is 0.140. The molecule has 0 aromatic heterocycles. The largest absolute Gasteiger partial charge is 0.409 e. The van der Waals surface area contributed by atoms with Crippen molar-refractivity contribution in [3.8, 4) is 0 Å². The zero-order chi connectivity index (χ0) is 13.6. The summed E-state index contributed by atoms with van der Waals surface area (Å²) in [4.78, 5) is 13.9. The fraction of sp³-hybridized carbons (Fsp3) is 0.818. The van der Waals surface area contributed by atoms with Crippen molar-refractivity contribution in [2.45, 2.75) is 33.2 Å². The molecule has 5 nitrogen and oxygen atoms in total. The number of thioether (sulfide) groups is 1. The second kappa shape index (κ2) is 6.74. The highest BCUT2D eigenvalue weighted by Crippen LogP contribution is 2.20. The minimum absolute atomic E-state index is 0.0635. The van der Waals surface area contributed by atoms with Crippen LogP contribution < -0.4 is 5.73 Å². The lowest BCUT2D eigenvalue weighted by atomic mass is 9.89. The Bertz CT molecular complexity index is 292. The number of amidine groups is 1. The Morgan fingerprint density at radius 2 is 2.12 bits per heavy atom. The molecule has 0 bridgehead atoms. The SMILES string of the molecule is CSCCC(C)N(C)C(=O)C(C)(C)C(N)=NO. The van der Waals surface area contributed by atoms with E-state index in [-0.39, 0.29) is 17.8 Å². The van der Waals surface area contributed by atoms with Gasteiger partial charge >= 0.3 is 0 Å². The lowest BCUT2D eigenvalue weighted by Crippen LogP contribution is -2.49. The van der Waals surface area contributed by atoms with Crippen molar-refractivity contribution in [2.24, 2.45) is 16.3 Å². The first kappa shape index (κ1) is 16.1. The third-order valence-corrected chi connectivity index (χ3v) is 3.65. The molecule has 0 radical (unpaired) electrons. The fourth-order valence-electron chi connectivity index (χ4n) is 1.36. The molecule has 0 aromatic rings. The Kier molecular flexibility index (Phi) is 6.37. The van der Waals surface area contributed by atoms with Crippen LogP contribution >= 0.6 is 11.8 Å². The van der Waals surface area contributed by atoms with Gasteiger partial charge in [0, 0.05) is 13.1 Å². The second-order valence-electron chi connectivity index (χ2n) is 4.66. The molecule has 17 heavy (non-hydrogen) atoms. The maximum Gasteiger partial charge on any atom is 0.235 e. The van der Waals surface area contributed by atoms with Crippen LogP contribution in [0.2, 0.25) is 0 Å². The molecule has 0 rings (SSSR count). The van der Waals surface area contributed by atoms with Gasteiger partial charge in [0.15, 0.2) is 5.84 Å². The van der Waals surface area contributed by atoms with Gasteiger partial charge in [0.2, 0.25) is 5.91 Å². The minimum Gasteiger partial charge on any atom is -0.409 e. The Labute approximate surface area is 107 Å². The lowest BCUT2D eigenvalue weighted by molar-refractivity contribution is -0.137. The zero-order valence-electron chi connectivity index (χ0n) is 11.2. The molecule has 0 heterocycles.